The summed E-state index contributed by atoms with van der Waals surface area (Å²) in [6, 6.07) is -2.08. The zero-order valence-corrected chi connectivity index (χ0v) is 17.0. The van der Waals surface area contributed by atoms with E-state index in [0.717, 1.165) is 4.90 Å². The van der Waals surface area contributed by atoms with Crippen molar-refractivity contribution in [2.75, 3.05) is 6.54 Å². The Hall–Kier alpha value is -2.00. The van der Waals surface area contributed by atoms with Crippen LogP contribution in [0.25, 0.3) is 0 Å². The van der Waals surface area contributed by atoms with Gasteiger partial charge in [0.2, 0.25) is 5.91 Å². The van der Waals surface area contributed by atoms with Gasteiger partial charge in [0, 0.05) is 13.0 Å². The Morgan fingerprint density at radius 1 is 1.21 bits per heavy atom. The lowest BCUT2D eigenvalue weighted by molar-refractivity contribution is -0.172. The normalized spacial score (nSPS) is 20.7. The molecule has 28 heavy (non-hydrogen) atoms. The molecule has 0 radical (unpaired) electrons. The van der Waals surface area contributed by atoms with Gasteiger partial charge in [-0.05, 0) is 26.2 Å². The first-order valence-electron chi connectivity index (χ1n) is 8.99. The molecule has 0 aromatic heterocycles. The molecule has 1 rings (SSSR count). The van der Waals surface area contributed by atoms with Crippen molar-refractivity contribution in [1.82, 2.24) is 10.2 Å². The lowest BCUT2D eigenvalue weighted by atomic mass is 9.80. The molecule has 1 aliphatic rings. The lowest BCUT2D eigenvalue weighted by Crippen LogP contribution is -2.59. The van der Waals surface area contributed by atoms with Crippen LogP contribution in [0.3, 0.4) is 0 Å². The van der Waals surface area contributed by atoms with Crippen LogP contribution in [-0.4, -0.2) is 58.4 Å². The van der Waals surface area contributed by atoms with Gasteiger partial charge >= 0.3 is 18.2 Å². The Kier molecular flexibility index (Phi) is 7.01. The van der Waals surface area contributed by atoms with Crippen LogP contribution >= 0.6 is 0 Å². The van der Waals surface area contributed by atoms with Gasteiger partial charge in [0.15, 0.2) is 0 Å². The van der Waals surface area contributed by atoms with Crippen LogP contribution in [0.2, 0.25) is 0 Å². The third-order valence-electron chi connectivity index (χ3n) is 4.32. The van der Waals surface area contributed by atoms with Gasteiger partial charge in [-0.2, -0.15) is 13.2 Å². The molecule has 1 saturated heterocycles. The molecular weight excluding hydrogens is 381 g/mol. The molecule has 0 saturated carbocycles. The minimum Gasteiger partial charge on any atom is -0.481 e. The van der Waals surface area contributed by atoms with Crippen molar-refractivity contribution in [2.24, 2.45) is 11.3 Å². The van der Waals surface area contributed by atoms with Gasteiger partial charge < -0.3 is 20.1 Å². The van der Waals surface area contributed by atoms with E-state index in [1.54, 1.807) is 41.5 Å². The van der Waals surface area contributed by atoms with Gasteiger partial charge in [0.05, 0.1) is 24.4 Å². The Balaban J connectivity index is 3.20. The smallest absolute Gasteiger partial charge is 0.407 e. The van der Waals surface area contributed by atoms with Crippen molar-refractivity contribution in [1.29, 1.82) is 0 Å². The summed E-state index contributed by atoms with van der Waals surface area (Å²) in [7, 11) is 0. The van der Waals surface area contributed by atoms with E-state index in [1.807, 2.05) is 0 Å². The highest BCUT2D eigenvalue weighted by molar-refractivity contribution is 5.80. The summed E-state index contributed by atoms with van der Waals surface area (Å²) in [5.74, 6) is -3.80. The summed E-state index contributed by atoms with van der Waals surface area (Å²) in [5.41, 5.74) is -1.65. The maximum absolute atomic E-state index is 13.1. The fourth-order valence-electron chi connectivity index (χ4n) is 3.40. The molecule has 2 N–H and O–H groups in total. The van der Waals surface area contributed by atoms with Gasteiger partial charge in [-0.25, -0.2) is 4.79 Å². The third-order valence-corrected chi connectivity index (χ3v) is 4.32. The Labute approximate surface area is 162 Å². The van der Waals surface area contributed by atoms with Crippen molar-refractivity contribution in [2.45, 2.75) is 78.2 Å². The summed E-state index contributed by atoms with van der Waals surface area (Å²) in [5, 5.41) is 11.7. The number of ether oxygens (including phenoxy) is 1. The van der Waals surface area contributed by atoms with E-state index in [1.165, 1.54) is 0 Å². The molecule has 7 nitrogen and oxygen atoms in total. The summed E-state index contributed by atoms with van der Waals surface area (Å²) in [4.78, 5) is 36.9. The van der Waals surface area contributed by atoms with Crippen LogP contribution in [0.15, 0.2) is 0 Å². The number of rotatable bonds is 5. The molecule has 2 amide bonds. The number of carbonyl (C=O) groups is 3. The highest BCUT2D eigenvalue weighted by Crippen LogP contribution is 2.39. The van der Waals surface area contributed by atoms with Crippen LogP contribution in [0.5, 0.6) is 0 Å². The number of carboxylic acid groups (broad SMARTS) is 1. The number of aliphatic carboxylic acids is 1. The van der Waals surface area contributed by atoms with E-state index < -0.39 is 72.6 Å². The number of carbonyl (C=O) groups excluding carboxylic acids is 2. The molecule has 3 atom stereocenters. The predicted molar refractivity (Wildman–Crippen MR) is 94.5 cm³/mol. The van der Waals surface area contributed by atoms with Crippen LogP contribution < -0.4 is 5.32 Å². The fourth-order valence-corrected chi connectivity index (χ4v) is 3.40. The molecule has 1 aliphatic heterocycles. The summed E-state index contributed by atoms with van der Waals surface area (Å²) >= 11 is 0. The van der Waals surface area contributed by atoms with Crippen molar-refractivity contribution >= 4 is 18.0 Å². The second-order valence-corrected chi connectivity index (χ2v) is 9.15. The number of nitrogens with zero attached hydrogens (tertiary/aromatic N) is 1. The van der Waals surface area contributed by atoms with E-state index in [-0.39, 0.29) is 0 Å². The van der Waals surface area contributed by atoms with Crippen molar-refractivity contribution < 1.29 is 37.4 Å². The zero-order chi connectivity index (χ0) is 22.1. The number of nitrogens with one attached hydrogen (secondary N) is 1. The summed E-state index contributed by atoms with van der Waals surface area (Å²) < 4.78 is 44.5. The van der Waals surface area contributed by atoms with Gasteiger partial charge in [-0.1, -0.05) is 20.8 Å². The van der Waals surface area contributed by atoms with E-state index >= 15 is 0 Å². The maximum atomic E-state index is 13.1. The van der Waals surface area contributed by atoms with Crippen molar-refractivity contribution in [3.05, 3.63) is 0 Å². The molecule has 0 aliphatic carbocycles. The minimum atomic E-state index is -4.53. The second kappa shape index (κ2) is 8.16. The monoisotopic (exact) mass is 410 g/mol. The standard InChI is InChI=1S/C18H29F3N2O5/c1-16(2,3)14(23-9-10(7-12(23)24)18(19,20)21)11(8-13(25)26)22-15(27)28-17(4,5)6/h10-11,14H,7-9H2,1-6H3,(H,22,27)(H,25,26)/t10?,11-,14?/m0/s1. The summed E-state index contributed by atoms with van der Waals surface area (Å²) in [6.07, 6.45) is -6.69. The van der Waals surface area contributed by atoms with Gasteiger partial charge in [0.25, 0.3) is 0 Å². The molecule has 0 aromatic rings. The quantitative estimate of drug-likeness (QED) is 0.726. The van der Waals surface area contributed by atoms with Gasteiger partial charge in [-0.15, -0.1) is 0 Å². The predicted octanol–water partition coefficient (Wildman–Crippen LogP) is 3.18. The number of alkyl halides is 3. The molecule has 10 heteroatoms. The number of alkyl carbamates (subject to hydrolysis) is 1. The first-order valence-corrected chi connectivity index (χ1v) is 8.99. The topological polar surface area (TPSA) is 95.9 Å². The lowest BCUT2D eigenvalue weighted by Gasteiger charge is -2.43. The zero-order valence-electron chi connectivity index (χ0n) is 17.0. The molecule has 2 unspecified atom stereocenters. The highest BCUT2D eigenvalue weighted by Gasteiger charge is 2.51. The number of halogens is 3. The van der Waals surface area contributed by atoms with E-state index in [9.17, 15) is 32.7 Å². The first kappa shape index (κ1) is 24.0. The largest absolute Gasteiger partial charge is 0.481 e. The highest BCUT2D eigenvalue weighted by atomic mass is 19.4. The molecule has 1 fully saturated rings. The fraction of sp³-hybridized carbons (Fsp3) is 0.833. The summed E-state index contributed by atoms with van der Waals surface area (Å²) in [6.45, 7) is 9.33. The second-order valence-electron chi connectivity index (χ2n) is 9.15. The molecule has 0 bridgehead atoms. The van der Waals surface area contributed by atoms with Crippen LogP contribution in [0.1, 0.15) is 54.4 Å². The Morgan fingerprint density at radius 2 is 1.75 bits per heavy atom. The molecule has 162 valence electrons. The van der Waals surface area contributed by atoms with Crippen LogP contribution in [0, 0.1) is 11.3 Å². The van der Waals surface area contributed by atoms with E-state index in [0.29, 0.717) is 0 Å². The van der Waals surface area contributed by atoms with Crippen LogP contribution in [-0.2, 0) is 14.3 Å². The average molecular weight is 410 g/mol. The molecular formula is C18H29F3N2O5. The Bertz CT molecular complexity index is 608. The molecule has 0 aromatic carbocycles. The first-order chi connectivity index (χ1) is 12.4. The van der Waals surface area contributed by atoms with Crippen LogP contribution in [0.4, 0.5) is 18.0 Å². The number of carboxylic acids is 1. The number of likely N-dealkylation sites (tertiary alicyclic amines) is 1. The number of hydrogen-bond acceptors (Lipinski definition) is 4. The van der Waals surface area contributed by atoms with E-state index in [2.05, 4.69) is 5.32 Å². The number of amides is 2. The SMILES string of the molecule is CC(C)(C)OC(=O)N[C@@H](CC(=O)O)C(N1CC(C(F)(F)F)CC1=O)C(C)(C)C. The number of hydrogen-bond donors (Lipinski definition) is 2. The van der Waals surface area contributed by atoms with Crippen molar-refractivity contribution in [3.63, 3.8) is 0 Å². The van der Waals surface area contributed by atoms with Gasteiger partial charge in [0.1, 0.15) is 5.60 Å². The average Bonchev–Trinajstić information content (AvgIpc) is 2.76. The van der Waals surface area contributed by atoms with Gasteiger partial charge in [-0.3, -0.25) is 9.59 Å². The molecule has 0 spiro atoms. The van der Waals surface area contributed by atoms with E-state index in [4.69, 9.17) is 4.74 Å². The third kappa shape index (κ3) is 6.87. The Morgan fingerprint density at radius 3 is 2.11 bits per heavy atom. The maximum Gasteiger partial charge on any atom is 0.407 e. The van der Waals surface area contributed by atoms with Crippen molar-refractivity contribution in [3.8, 4) is 0 Å². The molecule has 1 heterocycles. The minimum absolute atomic E-state index is 0.568.